The van der Waals surface area contributed by atoms with Crippen molar-refractivity contribution in [1.29, 1.82) is 0 Å². The number of hydrogen-bond donors (Lipinski definition) is 0. The van der Waals surface area contributed by atoms with Crippen molar-refractivity contribution in [2.75, 3.05) is 0 Å². The van der Waals surface area contributed by atoms with E-state index in [-0.39, 0.29) is 0 Å². The van der Waals surface area contributed by atoms with E-state index in [0.717, 1.165) is 0 Å². The molecule has 0 rings (SSSR count). The molecule has 0 aliphatic carbocycles. The van der Waals surface area contributed by atoms with Crippen molar-refractivity contribution in [2.45, 2.75) is 51.9 Å². The zero-order valence-electron chi connectivity index (χ0n) is 9.64. The van der Waals surface area contributed by atoms with E-state index in [0.29, 0.717) is 0 Å². The Morgan fingerprint density at radius 1 is 0.846 bits per heavy atom. The minimum atomic E-state index is -0.880. The van der Waals surface area contributed by atoms with Gasteiger partial charge in [0.2, 0.25) is 0 Å². The highest BCUT2D eigenvalue weighted by molar-refractivity contribution is 6.77. The van der Waals surface area contributed by atoms with Gasteiger partial charge in [-0.2, -0.15) is 0 Å². The van der Waals surface area contributed by atoms with Gasteiger partial charge >= 0.3 is 0 Å². The molecular weight excluding hydrogens is 172 g/mol. The molecule has 0 spiro atoms. The van der Waals surface area contributed by atoms with Crippen LogP contribution >= 0.6 is 0 Å². The van der Waals surface area contributed by atoms with Gasteiger partial charge in [0.25, 0.3) is 0 Å². The average Bonchev–Trinajstić information content (AvgIpc) is 2.05. The van der Waals surface area contributed by atoms with Gasteiger partial charge in [-0.05, 0) is 26.7 Å². The van der Waals surface area contributed by atoms with E-state index in [2.05, 4.69) is 51.2 Å². The van der Waals surface area contributed by atoms with Crippen LogP contribution in [0.3, 0.4) is 0 Å². The van der Waals surface area contributed by atoms with E-state index in [1.54, 1.807) is 0 Å². The first-order valence-corrected chi connectivity index (χ1v) is 8.76. The van der Waals surface area contributed by atoms with E-state index in [4.69, 9.17) is 0 Å². The van der Waals surface area contributed by atoms with Gasteiger partial charge < -0.3 is 0 Å². The fourth-order valence-corrected chi connectivity index (χ4v) is 3.55. The van der Waals surface area contributed by atoms with Crippen molar-refractivity contribution in [3.8, 4) is 0 Å². The van der Waals surface area contributed by atoms with Crippen LogP contribution in [0.15, 0.2) is 24.3 Å². The summed E-state index contributed by atoms with van der Waals surface area (Å²) in [5.74, 6) is 0. The first-order valence-electron chi connectivity index (χ1n) is 5.34. The van der Waals surface area contributed by atoms with Crippen LogP contribution in [0.1, 0.15) is 26.7 Å². The molecule has 0 aromatic rings. The fraction of sp³-hybridized carbons (Fsp3) is 0.667. The lowest BCUT2D eigenvalue weighted by molar-refractivity contribution is 1.08. The summed E-state index contributed by atoms with van der Waals surface area (Å²) in [4.78, 5) is 0. The van der Waals surface area contributed by atoms with Gasteiger partial charge in [-0.1, -0.05) is 49.5 Å². The van der Waals surface area contributed by atoms with Crippen LogP contribution in [0.5, 0.6) is 0 Å². The predicted octanol–water partition coefficient (Wildman–Crippen LogP) is 4.63. The van der Waals surface area contributed by atoms with Crippen molar-refractivity contribution >= 4 is 8.07 Å². The largest absolute Gasteiger partial charge is 0.0917 e. The topological polar surface area (TPSA) is 0 Å². The first-order chi connectivity index (χ1) is 6.12. The number of hydrogen-bond acceptors (Lipinski definition) is 0. The third-order valence-electron chi connectivity index (χ3n) is 2.45. The van der Waals surface area contributed by atoms with Gasteiger partial charge in [-0.25, -0.2) is 0 Å². The van der Waals surface area contributed by atoms with Crippen molar-refractivity contribution in [1.82, 2.24) is 0 Å². The lowest BCUT2D eigenvalue weighted by Gasteiger charge is -2.20. The second-order valence-corrected chi connectivity index (χ2v) is 9.71. The van der Waals surface area contributed by atoms with E-state index >= 15 is 0 Å². The van der Waals surface area contributed by atoms with Gasteiger partial charge in [0.1, 0.15) is 0 Å². The third kappa shape index (κ3) is 8.04. The zero-order valence-corrected chi connectivity index (χ0v) is 10.6. The maximum absolute atomic E-state index is 2.50. The molecular formula is C12H24Si. The molecule has 76 valence electrons. The maximum Gasteiger partial charge on any atom is 0.0479 e. The molecule has 0 saturated heterocycles. The van der Waals surface area contributed by atoms with Crippen molar-refractivity contribution in [3.63, 3.8) is 0 Å². The van der Waals surface area contributed by atoms with E-state index in [9.17, 15) is 0 Å². The highest BCUT2D eigenvalue weighted by atomic mass is 28.3. The average molecular weight is 196 g/mol. The normalized spacial score (nSPS) is 13.2. The Bertz CT molecular complexity index is 148. The van der Waals surface area contributed by atoms with Crippen molar-refractivity contribution in [2.24, 2.45) is 0 Å². The van der Waals surface area contributed by atoms with Crippen LogP contribution in [-0.4, -0.2) is 8.07 Å². The lowest BCUT2D eigenvalue weighted by atomic mass is 10.4. The summed E-state index contributed by atoms with van der Waals surface area (Å²) in [7, 11) is -0.880. The van der Waals surface area contributed by atoms with Crippen molar-refractivity contribution in [3.05, 3.63) is 24.3 Å². The van der Waals surface area contributed by atoms with Gasteiger partial charge in [0, 0.05) is 8.07 Å². The van der Waals surface area contributed by atoms with Crippen LogP contribution < -0.4 is 0 Å². The van der Waals surface area contributed by atoms with Crippen LogP contribution in [0.2, 0.25) is 25.2 Å². The lowest BCUT2D eigenvalue weighted by Crippen LogP contribution is -2.23. The second kappa shape index (κ2) is 7.13. The SMILES string of the molecule is CC=CCC[Si](C)(C)CCC=CC. The molecule has 0 fully saturated rings. The maximum atomic E-state index is 2.50. The Kier molecular flexibility index (Phi) is 6.97. The molecule has 0 aromatic carbocycles. The summed E-state index contributed by atoms with van der Waals surface area (Å²) in [5, 5.41) is 0. The van der Waals surface area contributed by atoms with Crippen LogP contribution in [0.25, 0.3) is 0 Å². The van der Waals surface area contributed by atoms with Gasteiger partial charge in [0.15, 0.2) is 0 Å². The zero-order chi connectivity index (χ0) is 10.2. The van der Waals surface area contributed by atoms with Gasteiger partial charge in [-0.15, -0.1) is 0 Å². The second-order valence-electron chi connectivity index (χ2n) is 4.38. The Morgan fingerprint density at radius 2 is 1.23 bits per heavy atom. The summed E-state index contributed by atoms with van der Waals surface area (Å²) >= 11 is 0. The summed E-state index contributed by atoms with van der Waals surface area (Å²) < 4.78 is 0. The first kappa shape index (κ1) is 12.7. The molecule has 0 radical (unpaired) electrons. The fourth-order valence-electron chi connectivity index (χ4n) is 1.41. The van der Waals surface area contributed by atoms with E-state index < -0.39 is 8.07 Å². The standard InChI is InChI=1S/C12H24Si/c1-5-7-9-11-13(3,4)12-10-8-6-2/h5-8H,9-12H2,1-4H3. The summed E-state index contributed by atoms with van der Waals surface area (Å²) in [5.41, 5.74) is 0. The number of allylic oxidation sites excluding steroid dienone is 4. The highest BCUT2D eigenvalue weighted by Gasteiger charge is 2.17. The molecule has 0 aromatic heterocycles. The molecule has 0 heterocycles. The minimum Gasteiger partial charge on any atom is -0.0917 e. The molecule has 0 aliphatic rings. The molecule has 0 bridgehead atoms. The molecule has 13 heavy (non-hydrogen) atoms. The van der Waals surface area contributed by atoms with Crippen LogP contribution in [0.4, 0.5) is 0 Å². The summed E-state index contributed by atoms with van der Waals surface area (Å²) in [6.07, 6.45) is 11.5. The van der Waals surface area contributed by atoms with Crippen molar-refractivity contribution < 1.29 is 0 Å². The van der Waals surface area contributed by atoms with Crippen LogP contribution in [-0.2, 0) is 0 Å². The highest BCUT2D eigenvalue weighted by Crippen LogP contribution is 2.19. The molecule has 0 N–H and O–H groups in total. The summed E-state index contributed by atoms with van der Waals surface area (Å²) in [6.45, 7) is 9.21. The van der Waals surface area contributed by atoms with E-state index in [1.165, 1.54) is 24.9 Å². The third-order valence-corrected chi connectivity index (χ3v) is 5.73. The molecule has 0 unspecified atom stereocenters. The van der Waals surface area contributed by atoms with Crippen LogP contribution in [0, 0.1) is 0 Å². The molecule has 0 atom stereocenters. The minimum absolute atomic E-state index is 0.880. The van der Waals surface area contributed by atoms with E-state index in [1.807, 2.05) is 0 Å². The Labute approximate surface area is 84.8 Å². The predicted molar refractivity (Wildman–Crippen MR) is 66.0 cm³/mol. The Morgan fingerprint density at radius 3 is 1.54 bits per heavy atom. The molecule has 0 amide bonds. The molecule has 0 nitrogen and oxygen atoms in total. The monoisotopic (exact) mass is 196 g/mol. The molecule has 1 heteroatoms. The van der Waals surface area contributed by atoms with Gasteiger partial charge in [0.05, 0.1) is 0 Å². The van der Waals surface area contributed by atoms with Gasteiger partial charge in [-0.3, -0.25) is 0 Å². The molecule has 0 saturated carbocycles. The molecule has 0 aliphatic heterocycles. The smallest absolute Gasteiger partial charge is 0.0479 e. The number of rotatable bonds is 6. The summed E-state index contributed by atoms with van der Waals surface area (Å²) in [6, 6.07) is 2.88. The quantitative estimate of drug-likeness (QED) is 0.429. The Hall–Kier alpha value is -0.303. The Balaban J connectivity index is 3.65.